The molecule has 13 heavy (non-hydrogen) atoms. The predicted molar refractivity (Wildman–Crippen MR) is 44.3 cm³/mol. The van der Waals surface area contributed by atoms with E-state index in [1.165, 1.54) is 10.9 Å². The van der Waals surface area contributed by atoms with Crippen LogP contribution in [0.15, 0.2) is 6.20 Å². The molecule has 74 valence electrons. The zero-order valence-electron chi connectivity index (χ0n) is 7.17. The van der Waals surface area contributed by atoms with Crippen molar-refractivity contribution >= 4 is 11.6 Å². The number of ether oxygens (including phenoxy) is 1. The Balaban J connectivity index is 2.94. The van der Waals surface area contributed by atoms with Gasteiger partial charge in [-0.2, -0.15) is 13.9 Å². The molecule has 0 saturated carbocycles. The van der Waals surface area contributed by atoms with Crippen LogP contribution in [0, 0.1) is 0 Å². The van der Waals surface area contributed by atoms with Crippen molar-refractivity contribution in [1.29, 1.82) is 0 Å². The van der Waals surface area contributed by atoms with Gasteiger partial charge in [0.15, 0.2) is 0 Å². The first-order valence-corrected chi connectivity index (χ1v) is 4.08. The molecule has 3 nitrogen and oxygen atoms in total. The molecule has 0 bridgehead atoms. The Morgan fingerprint density at radius 3 is 2.62 bits per heavy atom. The van der Waals surface area contributed by atoms with Crippen molar-refractivity contribution in [3.63, 3.8) is 0 Å². The molecule has 0 atom stereocenters. The largest absolute Gasteiger partial charge is 0.416 e. The minimum atomic E-state index is -2.88. The Morgan fingerprint density at radius 2 is 2.15 bits per heavy atom. The molecule has 0 aromatic carbocycles. The van der Waals surface area contributed by atoms with Crippen molar-refractivity contribution in [2.45, 2.75) is 26.5 Å². The highest BCUT2D eigenvalue weighted by molar-refractivity contribution is 6.31. The molecular weight excluding hydrogens is 202 g/mol. The first kappa shape index (κ1) is 10.2. The van der Waals surface area contributed by atoms with E-state index in [2.05, 4.69) is 9.84 Å². The number of rotatable bonds is 3. The fraction of sp³-hybridized carbons (Fsp3) is 0.571. The van der Waals surface area contributed by atoms with Crippen molar-refractivity contribution < 1.29 is 13.5 Å². The lowest BCUT2D eigenvalue weighted by Crippen LogP contribution is -2.10. The molecule has 0 N–H and O–H groups in total. The average Bonchev–Trinajstić information content (AvgIpc) is 2.32. The van der Waals surface area contributed by atoms with Crippen molar-refractivity contribution in [3.05, 3.63) is 11.2 Å². The lowest BCUT2D eigenvalue weighted by atomic mass is 10.4. The van der Waals surface area contributed by atoms with Gasteiger partial charge in [-0.15, -0.1) is 0 Å². The van der Waals surface area contributed by atoms with E-state index in [1.54, 1.807) is 13.8 Å². The van der Waals surface area contributed by atoms with Crippen LogP contribution in [0.25, 0.3) is 0 Å². The van der Waals surface area contributed by atoms with Gasteiger partial charge in [0.05, 0.1) is 12.2 Å². The number of alkyl halides is 2. The van der Waals surface area contributed by atoms with Crippen LogP contribution in [0.4, 0.5) is 8.78 Å². The van der Waals surface area contributed by atoms with Gasteiger partial charge in [0.2, 0.25) is 5.88 Å². The van der Waals surface area contributed by atoms with Crippen molar-refractivity contribution in [2.75, 3.05) is 0 Å². The van der Waals surface area contributed by atoms with Gasteiger partial charge in [-0.1, -0.05) is 11.6 Å². The van der Waals surface area contributed by atoms with E-state index in [-0.39, 0.29) is 16.9 Å². The first-order chi connectivity index (χ1) is 6.02. The predicted octanol–water partition coefficient (Wildman–Crippen LogP) is 2.72. The van der Waals surface area contributed by atoms with Gasteiger partial charge < -0.3 is 4.74 Å². The molecular formula is C7H9ClF2N2O. The molecule has 0 amide bonds. The van der Waals surface area contributed by atoms with Gasteiger partial charge in [0.1, 0.15) is 5.02 Å². The van der Waals surface area contributed by atoms with Crippen LogP contribution in [-0.2, 0) is 0 Å². The zero-order chi connectivity index (χ0) is 10.0. The molecule has 0 aliphatic carbocycles. The lowest BCUT2D eigenvalue weighted by Gasteiger charge is -2.11. The van der Waals surface area contributed by atoms with E-state index >= 15 is 0 Å². The van der Waals surface area contributed by atoms with Gasteiger partial charge in [-0.3, -0.25) is 0 Å². The summed E-state index contributed by atoms with van der Waals surface area (Å²) in [6, 6.07) is -0.0683. The van der Waals surface area contributed by atoms with Gasteiger partial charge >= 0.3 is 6.61 Å². The maximum absolute atomic E-state index is 11.9. The van der Waals surface area contributed by atoms with Crippen LogP contribution in [0.3, 0.4) is 0 Å². The highest BCUT2D eigenvalue weighted by atomic mass is 35.5. The van der Waals surface area contributed by atoms with E-state index < -0.39 is 6.61 Å². The second-order valence-corrected chi connectivity index (χ2v) is 3.12. The quantitative estimate of drug-likeness (QED) is 0.767. The smallest absolute Gasteiger partial charge is 0.388 e. The van der Waals surface area contributed by atoms with Crippen molar-refractivity contribution in [1.82, 2.24) is 9.78 Å². The monoisotopic (exact) mass is 210 g/mol. The molecule has 1 rings (SSSR count). The first-order valence-electron chi connectivity index (χ1n) is 3.70. The summed E-state index contributed by atoms with van der Waals surface area (Å²) < 4.78 is 29.3. The molecule has 0 saturated heterocycles. The van der Waals surface area contributed by atoms with Gasteiger partial charge in [-0.05, 0) is 13.8 Å². The molecule has 0 unspecified atom stereocenters. The van der Waals surface area contributed by atoms with Crippen molar-refractivity contribution in [3.8, 4) is 5.88 Å². The molecule has 0 aliphatic rings. The summed E-state index contributed by atoms with van der Waals surface area (Å²) in [5.41, 5.74) is 0. The molecule has 6 heteroatoms. The van der Waals surface area contributed by atoms with Gasteiger partial charge in [0, 0.05) is 0 Å². The molecule has 0 fully saturated rings. The summed E-state index contributed by atoms with van der Waals surface area (Å²) in [7, 11) is 0. The summed E-state index contributed by atoms with van der Waals surface area (Å²) in [6.07, 6.45) is 1.28. The standard InChI is InChI=1S/C7H9ClF2N2O/c1-4(2)12-6(13-7(9)10)5(8)3-11-12/h3-4,7H,1-2H3. The van der Waals surface area contributed by atoms with E-state index in [0.29, 0.717) is 0 Å². The summed E-state index contributed by atoms with van der Waals surface area (Å²) >= 11 is 5.59. The number of hydrogen-bond acceptors (Lipinski definition) is 2. The fourth-order valence-corrected chi connectivity index (χ4v) is 1.07. The number of nitrogens with zero attached hydrogens (tertiary/aromatic N) is 2. The molecule has 1 aromatic rings. The van der Waals surface area contributed by atoms with Crippen LogP contribution in [0.2, 0.25) is 5.02 Å². The Labute approximate surface area is 79.2 Å². The minimum absolute atomic E-state index is 0.0683. The topological polar surface area (TPSA) is 27.1 Å². The summed E-state index contributed by atoms with van der Waals surface area (Å²) in [5, 5.41) is 3.89. The Hall–Kier alpha value is -0.840. The molecule has 0 radical (unpaired) electrons. The fourth-order valence-electron chi connectivity index (χ4n) is 0.892. The van der Waals surface area contributed by atoms with Crippen molar-refractivity contribution in [2.24, 2.45) is 0 Å². The second-order valence-electron chi connectivity index (χ2n) is 2.71. The molecule has 1 heterocycles. The number of halogens is 3. The van der Waals surface area contributed by atoms with Crippen LogP contribution in [0.1, 0.15) is 19.9 Å². The highest BCUT2D eigenvalue weighted by Gasteiger charge is 2.16. The summed E-state index contributed by atoms with van der Waals surface area (Å²) in [4.78, 5) is 0. The lowest BCUT2D eigenvalue weighted by molar-refractivity contribution is -0.0563. The Morgan fingerprint density at radius 1 is 1.54 bits per heavy atom. The Bertz CT molecular complexity index is 288. The molecule has 1 aromatic heterocycles. The van der Waals surface area contributed by atoms with Crippen LogP contribution < -0.4 is 4.74 Å². The Kier molecular flexibility index (Phi) is 3.08. The normalized spacial score (nSPS) is 11.3. The maximum atomic E-state index is 11.9. The van der Waals surface area contributed by atoms with E-state index in [4.69, 9.17) is 11.6 Å². The van der Waals surface area contributed by atoms with E-state index in [9.17, 15) is 8.78 Å². The van der Waals surface area contributed by atoms with E-state index in [1.807, 2.05) is 0 Å². The van der Waals surface area contributed by atoms with Crippen LogP contribution in [-0.4, -0.2) is 16.4 Å². The zero-order valence-corrected chi connectivity index (χ0v) is 7.92. The third kappa shape index (κ3) is 2.30. The van der Waals surface area contributed by atoms with Gasteiger partial charge in [0.25, 0.3) is 0 Å². The van der Waals surface area contributed by atoms with Crippen LogP contribution in [0.5, 0.6) is 5.88 Å². The second kappa shape index (κ2) is 3.91. The summed E-state index contributed by atoms with van der Waals surface area (Å²) in [5.74, 6) is -0.0910. The maximum Gasteiger partial charge on any atom is 0.388 e. The number of hydrogen-bond donors (Lipinski definition) is 0. The van der Waals surface area contributed by atoms with Gasteiger partial charge in [-0.25, -0.2) is 4.68 Å². The van der Waals surface area contributed by atoms with Crippen LogP contribution >= 0.6 is 11.6 Å². The third-order valence-corrected chi connectivity index (χ3v) is 1.66. The SMILES string of the molecule is CC(C)n1ncc(Cl)c1OC(F)F. The highest BCUT2D eigenvalue weighted by Crippen LogP contribution is 2.27. The van der Waals surface area contributed by atoms with E-state index in [0.717, 1.165) is 0 Å². The third-order valence-electron chi connectivity index (χ3n) is 1.40. The number of aromatic nitrogens is 2. The average molecular weight is 211 g/mol. The molecule has 0 aliphatic heterocycles. The summed E-state index contributed by atoms with van der Waals surface area (Å²) in [6.45, 7) is 0.704. The minimum Gasteiger partial charge on any atom is -0.416 e. The molecule has 0 spiro atoms.